The van der Waals surface area contributed by atoms with Crippen molar-refractivity contribution in [1.29, 1.82) is 0 Å². The molecule has 1 aromatic carbocycles. The van der Waals surface area contributed by atoms with Gasteiger partial charge < -0.3 is 19.9 Å². The van der Waals surface area contributed by atoms with Crippen molar-refractivity contribution >= 4 is 38.5 Å². The Morgan fingerprint density at radius 3 is 2.45 bits per heavy atom. The largest absolute Gasteiger partial charge is 0.379 e. The minimum absolute atomic E-state index is 0.281. The van der Waals surface area contributed by atoms with E-state index in [1.54, 1.807) is 24.3 Å². The highest BCUT2D eigenvalue weighted by Gasteiger charge is 2.26. The average Bonchev–Trinajstić information content (AvgIpc) is 3.44. The van der Waals surface area contributed by atoms with Crippen LogP contribution in [0.5, 0.6) is 0 Å². The number of anilines is 3. The molecule has 3 aromatic rings. The van der Waals surface area contributed by atoms with Crippen molar-refractivity contribution in [2.45, 2.75) is 24.7 Å². The standard InChI is InChI=1S/C21H26N6O3S/c1-15-14-18-19(22-15)24-21(26-8-2-3-9-26)25-20(18)23-16-4-6-17(7-5-16)31(28,29)27-10-12-30-13-11-27/h4-7,14H,2-3,8-13H2,1H3,(H2,22,23,24,25). The summed E-state index contributed by atoms with van der Waals surface area (Å²) in [6.45, 7) is 5.53. The Hall–Kier alpha value is -2.69. The Bertz CT molecular complexity index is 1180. The topological polar surface area (TPSA) is 103 Å². The Balaban J connectivity index is 1.43. The minimum Gasteiger partial charge on any atom is -0.379 e. The van der Waals surface area contributed by atoms with Crippen molar-refractivity contribution in [3.63, 3.8) is 0 Å². The molecule has 2 fully saturated rings. The van der Waals surface area contributed by atoms with Gasteiger partial charge in [0.15, 0.2) is 0 Å². The van der Waals surface area contributed by atoms with Crippen molar-refractivity contribution in [2.75, 3.05) is 49.6 Å². The van der Waals surface area contributed by atoms with E-state index in [9.17, 15) is 8.42 Å². The van der Waals surface area contributed by atoms with Crippen LogP contribution < -0.4 is 10.2 Å². The summed E-state index contributed by atoms with van der Waals surface area (Å²) in [5.74, 6) is 1.42. The van der Waals surface area contributed by atoms with Crippen LogP contribution >= 0.6 is 0 Å². The summed E-state index contributed by atoms with van der Waals surface area (Å²) < 4.78 is 32.4. The number of sulfonamides is 1. The van der Waals surface area contributed by atoms with Gasteiger partial charge in [0, 0.05) is 37.6 Å². The first kappa shape index (κ1) is 20.2. The molecule has 0 atom stereocenters. The van der Waals surface area contributed by atoms with Gasteiger partial charge in [-0.3, -0.25) is 0 Å². The molecule has 10 heteroatoms. The van der Waals surface area contributed by atoms with Gasteiger partial charge in [-0.1, -0.05) is 0 Å². The van der Waals surface area contributed by atoms with Crippen LogP contribution in [0.15, 0.2) is 35.2 Å². The molecule has 31 heavy (non-hydrogen) atoms. The van der Waals surface area contributed by atoms with Crippen LogP contribution in [0.1, 0.15) is 18.5 Å². The molecule has 0 aliphatic carbocycles. The average molecular weight is 443 g/mol. The zero-order valence-electron chi connectivity index (χ0n) is 17.5. The van der Waals surface area contributed by atoms with E-state index in [2.05, 4.69) is 15.2 Å². The smallest absolute Gasteiger partial charge is 0.243 e. The first-order valence-corrected chi connectivity index (χ1v) is 12.0. The van der Waals surface area contributed by atoms with Crippen molar-refractivity contribution in [1.82, 2.24) is 19.3 Å². The summed E-state index contributed by atoms with van der Waals surface area (Å²) in [7, 11) is -3.51. The SMILES string of the molecule is Cc1cc2c(Nc3ccc(S(=O)(=O)N4CCOCC4)cc3)nc(N3CCCC3)nc2[nH]1. The molecule has 2 aromatic heterocycles. The molecule has 5 rings (SSSR count). The second-order valence-electron chi connectivity index (χ2n) is 7.95. The number of H-pyrrole nitrogens is 1. The highest BCUT2D eigenvalue weighted by Crippen LogP contribution is 2.29. The molecule has 0 amide bonds. The number of rotatable bonds is 5. The maximum atomic E-state index is 12.8. The van der Waals surface area contributed by atoms with Gasteiger partial charge in [-0.05, 0) is 50.1 Å². The maximum Gasteiger partial charge on any atom is 0.243 e. The van der Waals surface area contributed by atoms with Gasteiger partial charge in [0.1, 0.15) is 11.5 Å². The van der Waals surface area contributed by atoms with Crippen molar-refractivity contribution in [3.05, 3.63) is 36.0 Å². The van der Waals surface area contributed by atoms with Gasteiger partial charge in [0.2, 0.25) is 16.0 Å². The second kappa shape index (κ2) is 8.10. The lowest BCUT2D eigenvalue weighted by Gasteiger charge is -2.26. The first-order chi connectivity index (χ1) is 15.0. The molecular formula is C21H26N6O3S. The van der Waals surface area contributed by atoms with Crippen LogP contribution in [-0.2, 0) is 14.8 Å². The third-order valence-electron chi connectivity index (χ3n) is 5.72. The predicted molar refractivity (Wildman–Crippen MR) is 119 cm³/mol. The Labute approximate surface area is 181 Å². The fourth-order valence-electron chi connectivity index (χ4n) is 4.07. The van der Waals surface area contributed by atoms with E-state index in [0.717, 1.165) is 48.3 Å². The first-order valence-electron chi connectivity index (χ1n) is 10.6. The lowest BCUT2D eigenvalue weighted by molar-refractivity contribution is 0.0730. The summed E-state index contributed by atoms with van der Waals surface area (Å²) in [6, 6.07) is 8.83. The van der Waals surface area contributed by atoms with Crippen molar-refractivity contribution in [2.24, 2.45) is 0 Å². The number of nitrogens with zero attached hydrogens (tertiary/aromatic N) is 4. The van der Waals surface area contributed by atoms with Gasteiger partial charge in [-0.25, -0.2) is 8.42 Å². The zero-order chi connectivity index (χ0) is 21.4. The fourth-order valence-corrected chi connectivity index (χ4v) is 5.47. The zero-order valence-corrected chi connectivity index (χ0v) is 18.3. The molecule has 0 bridgehead atoms. The summed E-state index contributed by atoms with van der Waals surface area (Å²) in [5, 5.41) is 4.26. The quantitative estimate of drug-likeness (QED) is 0.626. The number of morpholine rings is 1. The maximum absolute atomic E-state index is 12.8. The molecule has 4 heterocycles. The van der Waals surface area contributed by atoms with E-state index in [1.165, 1.54) is 4.31 Å². The predicted octanol–water partition coefficient (Wildman–Crippen LogP) is 2.63. The number of aryl methyl sites for hydroxylation is 1. The van der Waals surface area contributed by atoms with E-state index < -0.39 is 10.0 Å². The molecular weight excluding hydrogens is 416 g/mol. The van der Waals surface area contributed by atoms with E-state index in [0.29, 0.717) is 38.1 Å². The number of hydrogen-bond donors (Lipinski definition) is 2. The van der Waals surface area contributed by atoms with Crippen LogP contribution in [0.2, 0.25) is 0 Å². The summed E-state index contributed by atoms with van der Waals surface area (Å²) in [5.41, 5.74) is 2.58. The summed E-state index contributed by atoms with van der Waals surface area (Å²) in [4.78, 5) is 15.3. The van der Waals surface area contributed by atoms with E-state index in [4.69, 9.17) is 14.7 Å². The minimum atomic E-state index is -3.51. The molecule has 0 unspecified atom stereocenters. The Morgan fingerprint density at radius 1 is 1.03 bits per heavy atom. The number of ether oxygens (including phenoxy) is 1. The molecule has 9 nitrogen and oxygen atoms in total. The van der Waals surface area contributed by atoms with Crippen LogP contribution in [-0.4, -0.2) is 67.1 Å². The monoisotopic (exact) mass is 442 g/mol. The van der Waals surface area contributed by atoms with Crippen molar-refractivity contribution in [3.8, 4) is 0 Å². The lowest BCUT2D eigenvalue weighted by atomic mass is 10.3. The van der Waals surface area contributed by atoms with Crippen LogP contribution in [0.4, 0.5) is 17.5 Å². The third-order valence-corrected chi connectivity index (χ3v) is 7.64. The molecule has 0 spiro atoms. The van der Waals surface area contributed by atoms with Gasteiger partial charge in [0.25, 0.3) is 0 Å². The number of aromatic nitrogens is 3. The molecule has 2 saturated heterocycles. The molecule has 2 aliphatic heterocycles. The molecule has 0 radical (unpaired) electrons. The van der Waals surface area contributed by atoms with E-state index in [1.807, 2.05) is 13.0 Å². The Morgan fingerprint density at radius 2 is 1.74 bits per heavy atom. The fraction of sp³-hybridized carbons (Fsp3) is 0.429. The van der Waals surface area contributed by atoms with Crippen LogP contribution in [0.3, 0.4) is 0 Å². The molecule has 2 aliphatic rings. The molecule has 164 valence electrons. The number of hydrogen-bond acceptors (Lipinski definition) is 7. The van der Waals surface area contributed by atoms with Gasteiger partial charge >= 0.3 is 0 Å². The number of fused-ring (bicyclic) bond motifs is 1. The second-order valence-corrected chi connectivity index (χ2v) is 9.88. The number of benzene rings is 1. The highest BCUT2D eigenvalue weighted by molar-refractivity contribution is 7.89. The number of nitrogens with one attached hydrogen (secondary N) is 2. The van der Waals surface area contributed by atoms with Crippen LogP contribution in [0.25, 0.3) is 11.0 Å². The summed E-state index contributed by atoms with van der Waals surface area (Å²) >= 11 is 0. The third kappa shape index (κ3) is 3.98. The van der Waals surface area contributed by atoms with E-state index in [-0.39, 0.29) is 4.90 Å². The van der Waals surface area contributed by atoms with Gasteiger partial charge in [0.05, 0.1) is 23.5 Å². The van der Waals surface area contributed by atoms with Crippen molar-refractivity contribution < 1.29 is 13.2 Å². The van der Waals surface area contributed by atoms with Gasteiger partial charge in [-0.2, -0.15) is 14.3 Å². The lowest BCUT2D eigenvalue weighted by Crippen LogP contribution is -2.40. The van der Waals surface area contributed by atoms with Gasteiger partial charge in [-0.15, -0.1) is 0 Å². The van der Waals surface area contributed by atoms with E-state index >= 15 is 0 Å². The summed E-state index contributed by atoms with van der Waals surface area (Å²) in [6.07, 6.45) is 2.29. The molecule has 0 saturated carbocycles. The highest BCUT2D eigenvalue weighted by atomic mass is 32.2. The normalized spacial score (nSPS) is 18.0. The Kier molecular flexibility index (Phi) is 5.28. The molecule has 2 N–H and O–H groups in total. The number of aromatic amines is 1. The van der Waals surface area contributed by atoms with Crippen LogP contribution in [0, 0.1) is 6.92 Å².